The highest BCUT2D eigenvalue weighted by atomic mass is 32.2. The van der Waals surface area contributed by atoms with Crippen molar-refractivity contribution in [3.8, 4) is 0 Å². The number of aryl methyl sites for hydroxylation is 1. The summed E-state index contributed by atoms with van der Waals surface area (Å²) in [5, 5.41) is 9.90. The van der Waals surface area contributed by atoms with Crippen LogP contribution in [0.25, 0.3) is 0 Å². The summed E-state index contributed by atoms with van der Waals surface area (Å²) in [4.78, 5) is 13.2. The molecule has 1 fully saturated rings. The smallest absolute Gasteiger partial charge is 0.224 e. The topological polar surface area (TPSA) is 74.7 Å². The SMILES string of the molecule is CC(=O)N(c1cccc(C)c1)C1CS(=O)(=O)CC1O. The van der Waals surface area contributed by atoms with E-state index in [-0.39, 0.29) is 17.4 Å². The first-order valence-corrected chi connectivity index (χ1v) is 7.87. The van der Waals surface area contributed by atoms with Crippen LogP contribution in [0.3, 0.4) is 0 Å². The van der Waals surface area contributed by atoms with E-state index in [9.17, 15) is 18.3 Å². The van der Waals surface area contributed by atoms with Crippen LogP contribution in [0.4, 0.5) is 5.69 Å². The van der Waals surface area contributed by atoms with Gasteiger partial charge in [0.15, 0.2) is 9.84 Å². The van der Waals surface area contributed by atoms with Crippen molar-refractivity contribution in [1.29, 1.82) is 0 Å². The van der Waals surface area contributed by atoms with Crippen molar-refractivity contribution in [3.63, 3.8) is 0 Å². The molecular formula is C13H17NO4S. The standard InChI is InChI=1S/C13H17NO4S/c1-9-4-3-5-11(6-9)14(10(2)15)12-7-19(17,18)8-13(12)16/h3-6,12-13,16H,7-8H2,1-2H3. The summed E-state index contributed by atoms with van der Waals surface area (Å²) < 4.78 is 23.2. The Hall–Kier alpha value is -1.40. The number of carbonyl (C=O) groups excluding carboxylic acids is 1. The molecule has 6 heteroatoms. The van der Waals surface area contributed by atoms with E-state index in [4.69, 9.17) is 0 Å². The van der Waals surface area contributed by atoms with Crippen LogP contribution in [0, 0.1) is 6.92 Å². The zero-order valence-corrected chi connectivity index (χ0v) is 11.7. The first-order valence-electron chi connectivity index (χ1n) is 6.05. The minimum absolute atomic E-state index is 0.193. The van der Waals surface area contributed by atoms with Crippen LogP contribution in [-0.4, -0.2) is 43.1 Å². The number of aliphatic hydroxyl groups is 1. The Balaban J connectivity index is 2.40. The number of hydrogen-bond donors (Lipinski definition) is 1. The molecule has 1 heterocycles. The first-order chi connectivity index (χ1) is 8.80. The van der Waals surface area contributed by atoms with Gasteiger partial charge < -0.3 is 10.0 Å². The first kappa shape index (κ1) is 14.0. The van der Waals surface area contributed by atoms with Crippen molar-refractivity contribution in [2.75, 3.05) is 16.4 Å². The molecule has 1 aromatic rings. The summed E-state index contributed by atoms with van der Waals surface area (Å²) in [6.07, 6.45) is -1.03. The van der Waals surface area contributed by atoms with Gasteiger partial charge in [-0.15, -0.1) is 0 Å². The van der Waals surface area contributed by atoms with Gasteiger partial charge in [0.2, 0.25) is 5.91 Å². The highest BCUT2D eigenvalue weighted by Gasteiger charge is 2.41. The zero-order valence-electron chi connectivity index (χ0n) is 10.9. The molecule has 104 valence electrons. The molecule has 1 saturated heterocycles. The number of rotatable bonds is 2. The van der Waals surface area contributed by atoms with E-state index < -0.39 is 22.0 Å². The minimum atomic E-state index is -3.29. The van der Waals surface area contributed by atoms with E-state index in [0.29, 0.717) is 5.69 Å². The van der Waals surface area contributed by atoms with Crippen molar-refractivity contribution >= 4 is 21.4 Å². The molecule has 2 atom stereocenters. The lowest BCUT2D eigenvalue weighted by atomic mass is 10.1. The normalized spacial score (nSPS) is 25.2. The highest BCUT2D eigenvalue weighted by Crippen LogP contribution is 2.25. The third kappa shape index (κ3) is 2.96. The van der Waals surface area contributed by atoms with Gasteiger partial charge in [-0.2, -0.15) is 0 Å². The van der Waals surface area contributed by atoms with Gasteiger partial charge in [-0.1, -0.05) is 12.1 Å². The third-order valence-corrected chi connectivity index (χ3v) is 4.94. The summed E-state index contributed by atoms with van der Waals surface area (Å²) in [7, 11) is -3.29. The van der Waals surface area contributed by atoms with Gasteiger partial charge >= 0.3 is 0 Å². The number of amides is 1. The van der Waals surface area contributed by atoms with E-state index in [1.807, 2.05) is 13.0 Å². The summed E-state index contributed by atoms with van der Waals surface area (Å²) in [6, 6.07) is 6.54. The van der Waals surface area contributed by atoms with Crippen LogP contribution in [0.1, 0.15) is 12.5 Å². The van der Waals surface area contributed by atoms with Crippen LogP contribution in [0.2, 0.25) is 0 Å². The maximum atomic E-state index is 11.8. The fourth-order valence-corrected chi connectivity index (χ4v) is 4.21. The Morgan fingerprint density at radius 3 is 2.53 bits per heavy atom. The van der Waals surface area contributed by atoms with Gasteiger partial charge in [0, 0.05) is 12.6 Å². The number of anilines is 1. The number of hydrogen-bond acceptors (Lipinski definition) is 4. The number of carbonyl (C=O) groups is 1. The van der Waals surface area contributed by atoms with Gasteiger partial charge in [-0.25, -0.2) is 8.42 Å². The van der Waals surface area contributed by atoms with Crippen molar-refractivity contribution in [3.05, 3.63) is 29.8 Å². The largest absolute Gasteiger partial charge is 0.390 e. The molecule has 0 bridgehead atoms. The molecule has 1 aliphatic heterocycles. The van der Waals surface area contributed by atoms with Crippen molar-refractivity contribution in [1.82, 2.24) is 0 Å². The Morgan fingerprint density at radius 1 is 1.37 bits per heavy atom. The summed E-state index contributed by atoms with van der Waals surface area (Å²) >= 11 is 0. The lowest BCUT2D eigenvalue weighted by Gasteiger charge is -2.29. The average molecular weight is 283 g/mol. The van der Waals surface area contributed by atoms with Gasteiger partial charge in [0.25, 0.3) is 0 Å². The monoisotopic (exact) mass is 283 g/mol. The summed E-state index contributed by atoms with van der Waals surface area (Å²) in [5.74, 6) is -0.749. The molecule has 0 radical (unpaired) electrons. The lowest BCUT2D eigenvalue weighted by molar-refractivity contribution is -0.117. The molecule has 2 rings (SSSR count). The highest BCUT2D eigenvalue weighted by molar-refractivity contribution is 7.91. The zero-order chi connectivity index (χ0) is 14.2. The number of nitrogens with zero attached hydrogens (tertiary/aromatic N) is 1. The van der Waals surface area contributed by atoms with E-state index >= 15 is 0 Å². The fourth-order valence-electron chi connectivity index (χ4n) is 2.44. The predicted octanol–water partition coefficient (Wildman–Crippen LogP) is 0.506. The van der Waals surface area contributed by atoms with Crippen molar-refractivity contribution < 1.29 is 18.3 Å². The Labute approximate surface area is 112 Å². The third-order valence-electron chi connectivity index (χ3n) is 3.24. The second kappa shape index (κ2) is 4.94. The minimum Gasteiger partial charge on any atom is -0.390 e. The van der Waals surface area contributed by atoms with E-state index in [1.165, 1.54) is 11.8 Å². The molecule has 0 aliphatic carbocycles. The molecule has 1 amide bonds. The predicted molar refractivity (Wildman–Crippen MR) is 72.8 cm³/mol. The molecule has 1 aromatic carbocycles. The lowest BCUT2D eigenvalue weighted by Crippen LogP contribution is -2.46. The quantitative estimate of drug-likeness (QED) is 0.858. The average Bonchev–Trinajstić information content (AvgIpc) is 2.52. The van der Waals surface area contributed by atoms with Gasteiger partial charge in [0.1, 0.15) is 0 Å². The maximum absolute atomic E-state index is 11.8. The molecule has 0 spiro atoms. The molecule has 19 heavy (non-hydrogen) atoms. The number of benzene rings is 1. The molecule has 0 aromatic heterocycles. The Morgan fingerprint density at radius 2 is 2.05 bits per heavy atom. The maximum Gasteiger partial charge on any atom is 0.224 e. The van der Waals surface area contributed by atoms with Gasteiger partial charge in [-0.3, -0.25) is 4.79 Å². The van der Waals surface area contributed by atoms with E-state index in [1.54, 1.807) is 18.2 Å². The van der Waals surface area contributed by atoms with E-state index in [2.05, 4.69) is 0 Å². The van der Waals surface area contributed by atoms with Gasteiger partial charge in [-0.05, 0) is 24.6 Å². The van der Waals surface area contributed by atoms with Crippen LogP contribution >= 0.6 is 0 Å². The second-order valence-electron chi connectivity index (χ2n) is 4.94. The van der Waals surface area contributed by atoms with Crippen molar-refractivity contribution in [2.45, 2.75) is 26.0 Å². The van der Waals surface area contributed by atoms with Gasteiger partial charge in [0.05, 0.1) is 23.7 Å². The van der Waals surface area contributed by atoms with Crippen LogP contribution in [0.15, 0.2) is 24.3 Å². The van der Waals surface area contributed by atoms with Crippen LogP contribution in [0.5, 0.6) is 0 Å². The van der Waals surface area contributed by atoms with Crippen molar-refractivity contribution in [2.24, 2.45) is 0 Å². The molecule has 0 saturated carbocycles. The Kier molecular flexibility index (Phi) is 3.64. The van der Waals surface area contributed by atoms with Crippen LogP contribution in [-0.2, 0) is 14.6 Å². The summed E-state index contributed by atoms with van der Waals surface area (Å²) in [6.45, 7) is 3.27. The number of aliphatic hydroxyl groups excluding tert-OH is 1. The molecule has 1 aliphatic rings. The molecule has 1 N–H and O–H groups in total. The molecule has 2 unspecified atom stereocenters. The number of sulfone groups is 1. The van der Waals surface area contributed by atoms with Crippen LogP contribution < -0.4 is 4.90 Å². The molecular weight excluding hydrogens is 266 g/mol. The molecule has 5 nitrogen and oxygen atoms in total. The Bertz CT molecular complexity index is 596. The second-order valence-corrected chi connectivity index (χ2v) is 7.09. The fraction of sp³-hybridized carbons (Fsp3) is 0.462. The summed E-state index contributed by atoms with van der Waals surface area (Å²) in [5.41, 5.74) is 1.59. The van der Waals surface area contributed by atoms with E-state index in [0.717, 1.165) is 5.56 Å².